The minimum absolute atomic E-state index is 0.0855. The van der Waals surface area contributed by atoms with Crippen molar-refractivity contribution < 1.29 is 5.11 Å². The van der Waals surface area contributed by atoms with Crippen molar-refractivity contribution in [2.75, 3.05) is 5.32 Å². The Kier molecular flexibility index (Phi) is 3.77. The van der Waals surface area contributed by atoms with Gasteiger partial charge in [-0.1, -0.05) is 15.9 Å². The predicted octanol–water partition coefficient (Wildman–Crippen LogP) is 1.95. The van der Waals surface area contributed by atoms with Crippen LogP contribution in [0.15, 0.2) is 22.8 Å². The molecule has 96 valence electrons. The second-order valence-electron chi connectivity index (χ2n) is 3.62. The fourth-order valence-corrected chi connectivity index (χ4v) is 1.75. The molecule has 0 bridgehead atoms. The Morgan fingerprint density at radius 2 is 2.37 bits per heavy atom. The number of aromatic hydroxyl groups is 1. The van der Waals surface area contributed by atoms with Crippen LogP contribution in [0.4, 0.5) is 5.69 Å². The Morgan fingerprint density at radius 3 is 3.00 bits per heavy atom. The van der Waals surface area contributed by atoms with Crippen molar-refractivity contribution in [2.45, 2.75) is 6.92 Å². The van der Waals surface area contributed by atoms with E-state index in [1.165, 1.54) is 6.20 Å². The first kappa shape index (κ1) is 13.0. The number of aromatic amines is 1. The van der Waals surface area contributed by atoms with Gasteiger partial charge in [-0.25, -0.2) is 0 Å². The average molecular weight is 321 g/mol. The lowest BCUT2D eigenvalue weighted by Gasteiger charge is -2.09. The molecule has 1 aromatic carbocycles. The van der Waals surface area contributed by atoms with Crippen molar-refractivity contribution in [1.29, 1.82) is 5.26 Å². The van der Waals surface area contributed by atoms with Gasteiger partial charge in [-0.05, 0) is 29.8 Å². The molecule has 0 radical (unpaired) electrons. The van der Waals surface area contributed by atoms with Crippen LogP contribution in [-0.2, 0) is 0 Å². The maximum atomic E-state index is 9.79. The van der Waals surface area contributed by atoms with Crippen LogP contribution in [0.1, 0.15) is 11.4 Å². The molecule has 0 saturated carbocycles. The highest BCUT2D eigenvalue weighted by molar-refractivity contribution is 9.10. The van der Waals surface area contributed by atoms with Crippen LogP contribution in [0.5, 0.6) is 5.75 Å². The molecule has 0 unspecified atom stereocenters. The second kappa shape index (κ2) is 5.49. The van der Waals surface area contributed by atoms with E-state index in [1.807, 2.05) is 13.0 Å². The van der Waals surface area contributed by atoms with E-state index in [1.54, 1.807) is 12.1 Å². The molecule has 0 spiro atoms. The second-order valence-corrected chi connectivity index (χ2v) is 4.47. The first-order chi connectivity index (χ1) is 9.13. The van der Waals surface area contributed by atoms with Gasteiger partial charge in [0.15, 0.2) is 0 Å². The molecule has 2 rings (SSSR count). The normalized spacial score (nSPS) is 11.1. The van der Waals surface area contributed by atoms with Crippen LogP contribution >= 0.6 is 15.9 Å². The van der Waals surface area contributed by atoms with Gasteiger partial charge in [0.1, 0.15) is 17.4 Å². The SMILES string of the molecule is Cc1c(Br)ccc(O)c1NC=C(C#N)c1nn[nH]n1. The lowest BCUT2D eigenvalue weighted by Crippen LogP contribution is -1.96. The van der Waals surface area contributed by atoms with Crippen molar-refractivity contribution in [2.24, 2.45) is 0 Å². The number of nitrogens with zero attached hydrogens (tertiary/aromatic N) is 4. The Bertz CT molecular complexity index is 659. The molecule has 0 amide bonds. The van der Waals surface area contributed by atoms with Gasteiger partial charge in [0.05, 0.1) is 5.69 Å². The Hall–Kier alpha value is -2.40. The van der Waals surface area contributed by atoms with Crippen LogP contribution in [0.2, 0.25) is 0 Å². The summed E-state index contributed by atoms with van der Waals surface area (Å²) in [6.45, 7) is 1.83. The first-order valence-corrected chi connectivity index (χ1v) is 6.01. The molecule has 19 heavy (non-hydrogen) atoms. The van der Waals surface area contributed by atoms with E-state index >= 15 is 0 Å². The number of rotatable bonds is 3. The van der Waals surface area contributed by atoms with E-state index in [9.17, 15) is 5.11 Å². The van der Waals surface area contributed by atoms with Crippen molar-refractivity contribution >= 4 is 27.2 Å². The summed E-state index contributed by atoms with van der Waals surface area (Å²) < 4.78 is 0.847. The highest BCUT2D eigenvalue weighted by Crippen LogP contribution is 2.32. The monoisotopic (exact) mass is 320 g/mol. The molecule has 3 N–H and O–H groups in total. The Morgan fingerprint density at radius 1 is 1.58 bits per heavy atom. The molecular formula is C11H9BrN6O. The summed E-state index contributed by atoms with van der Waals surface area (Å²) in [5.74, 6) is 0.268. The van der Waals surface area contributed by atoms with Crippen molar-refractivity contribution in [3.63, 3.8) is 0 Å². The molecule has 7 nitrogen and oxygen atoms in total. The van der Waals surface area contributed by atoms with E-state index in [2.05, 4.69) is 41.9 Å². The number of phenolic OH excluding ortho intramolecular Hbond substituents is 1. The number of tetrazole rings is 1. The minimum Gasteiger partial charge on any atom is -0.506 e. The average Bonchev–Trinajstić information content (AvgIpc) is 2.92. The van der Waals surface area contributed by atoms with Crippen LogP contribution < -0.4 is 5.32 Å². The number of halogens is 1. The van der Waals surface area contributed by atoms with Gasteiger partial charge >= 0.3 is 0 Å². The molecule has 0 saturated heterocycles. The quantitative estimate of drug-likeness (QED) is 0.589. The molecule has 0 atom stereocenters. The number of nitrogens with one attached hydrogen (secondary N) is 2. The highest BCUT2D eigenvalue weighted by atomic mass is 79.9. The summed E-state index contributed by atoms with van der Waals surface area (Å²) in [5, 5.41) is 34.8. The summed E-state index contributed by atoms with van der Waals surface area (Å²) in [6.07, 6.45) is 1.42. The zero-order valence-electron chi connectivity index (χ0n) is 9.85. The molecule has 0 fully saturated rings. The smallest absolute Gasteiger partial charge is 0.216 e. The Labute approximate surface area is 117 Å². The first-order valence-electron chi connectivity index (χ1n) is 5.22. The number of allylic oxidation sites excluding steroid dienone is 1. The van der Waals surface area contributed by atoms with Crippen LogP contribution in [0.3, 0.4) is 0 Å². The topological polar surface area (TPSA) is 111 Å². The van der Waals surface area contributed by atoms with Gasteiger partial charge in [-0.3, -0.25) is 0 Å². The third kappa shape index (κ3) is 2.71. The fourth-order valence-electron chi connectivity index (χ4n) is 1.42. The zero-order chi connectivity index (χ0) is 13.8. The number of aromatic nitrogens is 4. The predicted molar refractivity (Wildman–Crippen MR) is 71.9 cm³/mol. The van der Waals surface area contributed by atoms with Gasteiger partial charge < -0.3 is 10.4 Å². The van der Waals surface area contributed by atoms with Crippen molar-refractivity contribution in [3.05, 3.63) is 34.2 Å². The van der Waals surface area contributed by atoms with E-state index in [0.717, 1.165) is 10.0 Å². The van der Waals surface area contributed by atoms with Gasteiger partial charge in [-0.2, -0.15) is 10.5 Å². The van der Waals surface area contributed by atoms with Crippen molar-refractivity contribution in [1.82, 2.24) is 20.6 Å². The third-order valence-electron chi connectivity index (χ3n) is 2.44. The standard InChI is InChI=1S/C11H9BrN6O/c1-6-8(12)2-3-9(19)10(6)14-5-7(4-13)11-15-17-18-16-11/h2-3,5,14,19H,1H3,(H,15,16,17,18). The fraction of sp³-hybridized carbons (Fsp3) is 0.0909. The summed E-state index contributed by atoms with van der Waals surface area (Å²) >= 11 is 3.37. The molecule has 1 heterocycles. The lowest BCUT2D eigenvalue weighted by molar-refractivity contribution is 0.477. The van der Waals surface area contributed by atoms with Gasteiger partial charge in [-0.15, -0.1) is 10.2 Å². The maximum absolute atomic E-state index is 9.79. The van der Waals surface area contributed by atoms with Crippen LogP contribution in [0, 0.1) is 18.3 Å². The van der Waals surface area contributed by atoms with E-state index in [0.29, 0.717) is 5.69 Å². The summed E-state index contributed by atoms with van der Waals surface area (Å²) in [5.41, 5.74) is 1.53. The molecule has 1 aromatic heterocycles. The summed E-state index contributed by atoms with van der Waals surface area (Å²) in [6, 6.07) is 5.24. The van der Waals surface area contributed by atoms with Crippen LogP contribution in [-0.4, -0.2) is 25.7 Å². The number of H-pyrrole nitrogens is 1. The largest absolute Gasteiger partial charge is 0.506 e. The zero-order valence-corrected chi connectivity index (χ0v) is 11.4. The number of phenols is 1. The van der Waals surface area contributed by atoms with Gasteiger partial charge in [0.2, 0.25) is 5.82 Å². The molecular weight excluding hydrogens is 312 g/mol. The van der Waals surface area contributed by atoms with E-state index < -0.39 is 0 Å². The summed E-state index contributed by atoms with van der Waals surface area (Å²) in [7, 11) is 0. The number of anilines is 1. The number of hydrogen-bond donors (Lipinski definition) is 3. The van der Waals surface area contributed by atoms with E-state index in [-0.39, 0.29) is 17.1 Å². The molecule has 0 aliphatic rings. The molecule has 2 aromatic rings. The molecule has 0 aliphatic heterocycles. The van der Waals surface area contributed by atoms with E-state index in [4.69, 9.17) is 5.26 Å². The number of benzene rings is 1. The maximum Gasteiger partial charge on any atom is 0.216 e. The number of nitriles is 1. The van der Waals surface area contributed by atoms with Crippen molar-refractivity contribution in [3.8, 4) is 11.8 Å². The minimum atomic E-state index is 0.0855. The molecule has 0 aliphatic carbocycles. The number of hydrogen-bond acceptors (Lipinski definition) is 6. The third-order valence-corrected chi connectivity index (χ3v) is 3.30. The van der Waals surface area contributed by atoms with Gasteiger partial charge in [0, 0.05) is 10.7 Å². The highest BCUT2D eigenvalue weighted by Gasteiger charge is 2.09. The summed E-state index contributed by atoms with van der Waals surface area (Å²) in [4.78, 5) is 0. The van der Waals surface area contributed by atoms with Gasteiger partial charge in [0.25, 0.3) is 0 Å². The van der Waals surface area contributed by atoms with Crippen LogP contribution in [0.25, 0.3) is 5.57 Å². The lowest BCUT2D eigenvalue weighted by atomic mass is 10.2. The molecule has 8 heteroatoms. The Balaban J connectivity index is 2.32.